The molecule has 0 aliphatic rings. The molecule has 0 bridgehead atoms. The fourth-order valence-corrected chi connectivity index (χ4v) is 3.50. The predicted molar refractivity (Wildman–Crippen MR) is 102 cm³/mol. The molecule has 1 amide bonds. The Balaban J connectivity index is 1.70. The fraction of sp³-hybridized carbons (Fsp3) is 0.211. The normalized spacial score (nSPS) is 10.7. The molecule has 0 fully saturated rings. The van der Waals surface area contributed by atoms with E-state index < -0.39 is 5.97 Å². The Labute approximate surface area is 154 Å². The molecule has 134 valence electrons. The van der Waals surface area contributed by atoms with Crippen LogP contribution in [0.3, 0.4) is 0 Å². The molecule has 6 nitrogen and oxygen atoms in total. The van der Waals surface area contributed by atoms with Gasteiger partial charge in [0.25, 0.3) is 5.56 Å². The van der Waals surface area contributed by atoms with Crippen LogP contribution in [0.4, 0.5) is 5.69 Å². The van der Waals surface area contributed by atoms with E-state index in [1.54, 1.807) is 48.7 Å². The summed E-state index contributed by atoms with van der Waals surface area (Å²) in [6.07, 6.45) is 1.63. The summed E-state index contributed by atoms with van der Waals surface area (Å²) in [5.74, 6) is -0.724. The first kappa shape index (κ1) is 17.9. The highest BCUT2D eigenvalue weighted by Crippen LogP contribution is 2.21. The number of nitrogens with zero attached hydrogens (tertiary/aromatic N) is 1. The van der Waals surface area contributed by atoms with Gasteiger partial charge < -0.3 is 14.6 Å². The van der Waals surface area contributed by atoms with E-state index in [0.29, 0.717) is 23.2 Å². The maximum Gasteiger partial charge on any atom is 0.338 e. The molecule has 1 aromatic carbocycles. The van der Waals surface area contributed by atoms with E-state index in [-0.39, 0.29) is 18.0 Å². The minimum atomic E-state index is -0.406. The van der Waals surface area contributed by atoms with Crippen LogP contribution >= 0.6 is 11.3 Å². The topological polar surface area (TPSA) is 77.4 Å². The summed E-state index contributed by atoms with van der Waals surface area (Å²) >= 11 is 1.55. The van der Waals surface area contributed by atoms with Gasteiger partial charge in [-0.3, -0.25) is 9.59 Å². The number of thiophene rings is 1. The van der Waals surface area contributed by atoms with Crippen LogP contribution in [0.2, 0.25) is 0 Å². The van der Waals surface area contributed by atoms with Gasteiger partial charge in [0.1, 0.15) is 6.54 Å². The van der Waals surface area contributed by atoms with Crippen molar-refractivity contribution in [3.05, 3.63) is 63.4 Å². The van der Waals surface area contributed by atoms with Gasteiger partial charge in [0.05, 0.1) is 17.6 Å². The standard InChI is InChI=1S/C19H18N2O4S/c1-3-25-19(24)13-4-6-14(7-5-13)20-17(22)11-21-9-8-16-15(18(21)23)10-12(2)26-16/h4-10H,3,11H2,1-2H3,(H,20,22). The van der Waals surface area contributed by atoms with Gasteiger partial charge in [-0.05, 0) is 50.2 Å². The van der Waals surface area contributed by atoms with Crippen molar-refractivity contribution in [2.24, 2.45) is 0 Å². The molecule has 2 heterocycles. The number of nitrogens with one attached hydrogen (secondary N) is 1. The maximum atomic E-state index is 12.4. The van der Waals surface area contributed by atoms with Crippen molar-refractivity contribution in [1.29, 1.82) is 0 Å². The van der Waals surface area contributed by atoms with Crippen LogP contribution in [0.5, 0.6) is 0 Å². The Morgan fingerprint density at radius 1 is 1.19 bits per heavy atom. The number of fused-ring (bicyclic) bond motifs is 1. The number of esters is 1. The lowest BCUT2D eigenvalue weighted by Gasteiger charge is -2.08. The van der Waals surface area contributed by atoms with Crippen molar-refractivity contribution in [2.75, 3.05) is 11.9 Å². The van der Waals surface area contributed by atoms with Crippen LogP contribution in [-0.2, 0) is 16.1 Å². The minimum absolute atomic E-state index is 0.0801. The summed E-state index contributed by atoms with van der Waals surface area (Å²) in [5.41, 5.74) is 0.780. The lowest BCUT2D eigenvalue weighted by Crippen LogP contribution is -2.27. The second kappa shape index (κ2) is 7.53. The van der Waals surface area contributed by atoms with E-state index in [9.17, 15) is 14.4 Å². The summed E-state index contributed by atoms with van der Waals surface area (Å²) in [5, 5.41) is 3.35. The molecule has 0 unspecified atom stereocenters. The average molecular weight is 370 g/mol. The quantitative estimate of drug-likeness (QED) is 0.700. The third-order valence-corrected chi connectivity index (χ3v) is 4.79. The monoisotopic (exact) mass is 370 g/mol. The van der Waals surface area contributed by atoms with E-state index in [1.807, 2.05) is 19.1 Å². The minimum Gasteiger partial charge on any atom is -0.462 e. The van der Waals surface area contributed by atoms with Gasteiger partial charge in [-0.15, -0.1) is 11.3 Å². The first-order valence-electron chi connectivity index (χ1n) is 8.14. The van der Waals surface area contributed by atoms with E-state index in [4.69, 9.17) is 4.74 Å². The molecule has 26 heavy (non-hydrogen) atoms. The zero-order chi connectivity index (χ0) is 18.7. The largest absolute Gasteiger partial charge is 0.462 e. The summed E-state index contributed by atoms with van der Waals surface area (Å²) in [4.78, 5) is 37.4. The predicted octanol–water partition coefficient (Wildman–Crippen LogP) is 3.19. The van der Waals surface area contributed by atoms with Gasteiger partial charge >= 0.3 is 5.97 Å². The van der Waals surface area contributed by atoms with Gasteiger partial charge in [0.2, 0.25) is 5.91 Å². The zero-order valence-electron chi connectivity index (χ0n) is 14.4. The van der Waals surface area contributed by atoms with Gasteiger partial charge in [0.15, 0.2) is 0 Å². The van der Waals surface area contributed by atoms with Crippen molar-refractivity contribution < 1.29 is 14.3 Å². The molecule has 2 aromatic heterocycles. The number of benzene rings is 1. The number of aryl methyl sites for hydroxylation is 1. The Morgan fingerprint density at radius 3 is 2.62 bits per heavy atom. The first-order valence-corrected chi connectivity index (χ1v) is 8.96. The third kappa shape index (κ3) is 3.83. The fourth-order valence-electron chi connectivity index (χ4n) is 2.59. The van der Waals surface area contributed by atoms with Crippen LogP contribution < -0.4 is 10.9 Å². The van der Waals surface area contributed by atoms with Crippen molar-refractivity contribution in [3.63, 3.8) is 0 Å². The van der Waals surface area contributed by atoms with Crippen LogP contribution in [0.1, 0.15) is 22.2 Å². The molecule has 0 saturated heterocycles. The smallest absolute Gasteiger partial charge is 0.338 e. The Bertz CT molecular complexity index is 1020. The Morgan fingerprint density at radius 2 is 1.92 bits per heavy atom. The van der Waals surface area contributed by atoms with E-state index in [0.717, 1.165) is 9.58 Å². The van der Waals surface area contributed by atoms with E-state index in [1.165, 1.54) is 4.57 Å². The summed E-state index contributed by atoms with van der Waals surface area (Å²) in [7, 11) is 0. The van der Waals surface area contributed by atoms with Crippen molar-refractivity contribution in [2.45, 2.75) is 20.4 Å². The average Bonchev–Trinajstić information content (AvgIpc) is 3.00. The molecule has 0 radical (unpaired) electrons. The molecular weight excluding hydrogens is 352 g/mol. The molecule has 3 aromatic rings. The van der Waals surface area contributed by atoms with Gasteiger partial charge in [0, 0.05) is 21.5 Å². The second-order valence-corrected chi connectivity index (χ2v) is 7.02. The summed E-state index contributed by atoms with van der Waals surface area (Å²) in [6.45, 7) is 3.91. The number of rotatable bonds is 5. The summed E-state index contributed by atoms with van der Waals surface area (Å²) < 4.78 is 7.22. The van der Waals surface area contributed by atoms with E-state index >= 15 is 0 Å². The highest BCUT2D eigenvalue weighted by Gasteiger charge is 2.10. The molecule has 0 aliphatic carbocycles. The number of hydrogen-bond donors (Lipinski definition) is 1. The van der Waals surface area contributed by atoms with Crippen molar-refractivity contribution >= 4 is 39.0 Å². The molecule has 0 atom stereocenters. The van der Waals surface area contributed by atoms with Gasteiger partial charge in [-0.2, -0.15) is 0 Å². The molecule has 1 N–H and O–H groups in total. The van der Waals surface area contributed by atoms with Gasteiger partial charge in [-0.1, -0.05) is 0 Å². The number of pyridine rings is 1. The van der Waals surface area contributed by atoms with Crippen molar-refractivity contribution in [1.82, 2.24) is 4.57 Å². The number of anilines is 1. The molecular formula is C19H18N2O4S. The highest BCUT2D eigenvalue weighted by atomic mass is 32.1. The molecule has 0 saturated carbocycles. The SMILES string of the molecule is CCOC(=O)c1ccc(NC(=O)Cn2ccc3sc(C)cc3c2=O)cc1. The van der Waals surface area contributed by atoms with Crippen molar-refractivity contribution in [3.8, 4) is 0 Å². The lowest BCUT2D eigenvalue weighted by molar-refractivity contribution is -0.116. The lowest BCUT2D eigenvalue weighted by atomic mass is 10.2. The molecule has 0 aliphatic heterocycles. The molecule has 0 spiro atoms. The number of amides is 1. The third-order valence-electron chi connectivity index (χ3n) is 3.77. The number of hydrogen-bond acceptors (Lipinski definition) is 5. The van der Waals surface area contributed by atoms with Crippen LogP contribution in [0.15, 0.2) is 47.4 Å². The van der Waals surface area contributed by atoms with Gasteiger partial charge in [-0.25, -0.2) is 4.79 Å². The second-order valence-electron chi connectivity index (χ2n) is 5.73. The molecule has 3 rings (SSSR count). The number of aromatic nitrogens is 1. The molecule has 7 heteroatoms. The zero-order valence-corrected chi connectivity index (χ0v) is 15.3. The number of carbonyl (C=O) groups excluding carboxylic acids is 2. The number of ether oxygens (including phenoxy) is 1. The highest BCUT2D eigenvalue weighted by molar-refractivity contribution is 7.18. The van der Waals surface area contributed by atoms with Crippen LogP contribution in [0, 0.1) is 6.92 Å². The van der Waals surface area contributed by atoms with Crippen LogP contribution in [-0.4, -0.2) is 23.1 Å². The maximum absolute atomic E-state index is 12.4. The first-order chi connectivity index (χ1) is 12.5. The van der Waals surface area contributed by atoms with E-state index in [2.05, 4.69) is 5.32 Å². The van der Waals surface area contributed by atoms with Crippen LogP contribution in [0.25, 0.3) is 10.1 Å². The Kier molecular flexibility index (Phi) is 5.18. The summed E-state index contributed by atoms with van der Waals surface area (Å²) in [6, 6.07) is 10.1. The number of carbonyl (C=O) groups is 2. The Hall–Kier alpha value is -2.93.